The molecule has 2 aromatic heterocycles. The summed E-state index contributed by atoms with van der Waals surface area (Å²) in [4.78, 5) is 18.7. The van der Waals surface area contributed by atoms with Crippen LogP contribution in [0.1, 0.15) is 24.9 Å². The Morgan fingerprint density at radius 2 is 2.33 bits per heavy atom. The molecule has 0 saturated carbocycles. The van der Waals surface area contributed by atoms with Gasteiger partial charge in [-0.3, -0.25) is 14.7 Å². The minimum absolute atomic E-state index is 0.184. The Balaban J connectivity index is 2.56. The minimum atomic E-state index is -0.634. The molecule has 0 unspecified atom stereocenters. The van der Waals surface area contributed by atoms with Crippen molar-refractivity contribution in [2.45, 2.75) is 19.8 Å². The van der Waals surface area contributed by atoms with Gasteiger partial charge in [-0.25, -0.2) is 9.97 Å². The Morgan fingerprint density at radius 1 is 1.57 bits per heavy atom. The van der Waals surface area contributed by atoms with Crippen LogP contribution in [0.2, 0.25) is 0 Å². The highest BCUT2D eigenvalue weighted by Gasteiger charge is 2.20. The molecule has 0 atom stereocenters. The molecule has 21 heavy (non-hydrogen) atoms. The lowest BCUT2D eigenvalue weighted by molar-refractivity contribution is -0.385. The fourth-order valence-electron chi connectivity index (χ4n) is 1.91. The zero-order valence-corrected chi connectivity index (χ0v) is 11.3. The first kappa shape index (κ1) is 14.4. The number of hydrogen-bond donors (Lipinski definition) is 2. The largest absolute Gasteiger partial charge is 0.409 e. The quantitative estimate of drug-likeness (QED) is 0.280. The van der Waals surface area contributed by atoms with E-state index >= 15 is 0 Å². The van der Waals surface area contributed by atoms with Crippen LogP contribution in [0.5, 0.6) is 0 Å². The Kier molecular flexibility index (Phi) is 4.12. The van der Waals surface area contributed by atoms with Crippen LogP contribution in [-0.2, 0) is 6.42 Å². The van der Waals surface area contributed by atoms with Gasteiger partial charge in [-0.2, -0.15) is 0 Å². The summed E-state index contributed by atoms with van der Waals surface area (Å²) >= 11 is 0. The van der Waals surface area contributed by atoms with Gasteiger partial charge in [0.05, 0.1) is 4.92 Å². The van der Waals surface area contributed by atoms with Gasteiger partial charge >= 0.3 is 0 Å². The number of hydrogen-bond acceptors (Lipinski definition) is 6. The third kappa shape index (κ3) is 2.81. The molecule has 0 fully saturated rings. The van der Waals surface area contributed by atoms with Gasteiger partial charge in [0.25, 0.3) is 5.69 Å². The molecular formula is C12H14N6O3. The van der Waals surface area contributed by atoms with E-state index in [1.54, 1.807) is 17.0 Å². The predicted octanol–water partition coefficient (Wildman–Crippen LogP) is 1.22. The van der Waals surface area contributed by atoms with E-state index in [0.29, 0.717) is 5.82 Å². The third-order valence-electron chi connectivity index (χ3n) is 2.84. The van der Waals surface area contributed by atoms with Crippen LogP contribution in [-0.4, -0.2) is 30.5 Å². The minimum Gasteiger partial charge on any atom is -0.409 e. The van der Waals surface area contributed by atoms with Gasteiger partial charge in [0, 0.05) is 24.9 Å². The standard InChI is InChI=1S/C12H14N6O3/c1-2-3-9-14-6-7-17(9)10-5-4-8(18(20)21)11(15-10)12(13)16-19/h4-7,19H,2-3H2,1H3,(H2,13,16). The fourth-order valence-corrected chi connectivity index (χ4v) is 1.91. The third-order valence-corrected chi connectivity index (χ3v) is 2.84. The summed E-state index contributed by atoms with van der Waals surface area (Å²) in [6, 6.07) is 2.76. The topological polar surface area (TPSA) is 132 Å². The molecule has 2 aromatic rings. The molecule has 0 saturated heterocycles. The smallest absolute Gasteiger partial charge is 0.298 e. The van der Waals surface area contributed by atoms with E-state index in [4.69, 9.17) is 10.9 Å². The van der Waals surface area contributed by atoms with E-state index in [-0.39, 0.29) is 11.4 Å². The lowest BCUT2D eigenvalue weighted by atomic mass is 10.2. The fraction of sp³-hybridized carbons (Fsp3) is 0.250. The SMILES string of the molecule is CCCc1nccn1-c1ccc([N+](=O)[O-])c(/C(N)=N/O)n1. The average Bonchev–Trinajstić information content (AvgIpc) is 2.94. The van der Waals surface area contributed by atoms with Crippen molar-refractivity contribution in [1.29, 1.82) is 0 Å². The van der Waals surface area contributed by atoms with Crippen LogP contribution in [0.4, 0.5) is 5.69 Å². The van der Waals surface area contributed by atoms with Crippen LogP contribution < -0.4 is 5.73 Å². The van der Waals surface area contributed by atoms with Crippen molar-refractivity contribution in [3.63, 3.8) is 0 Å². The number of amidine groups is 1. The number of nitrogens with zero attached hydrogens (tertiary/aromatic N) is 5. The van der Waals surface area contributed by atoms with E-state index in [9.17, 15) is 10.1 Å². The van der Waals surface area contributed by atoms with E-state index in [2.05, 4.69) is 15.1 Å². The summed E-state index contributed by atoms with van der Waals surface area (Å²) in [6.07, 6.45) is 4.97. The molecule has 0 aliphatic rings. The number of nitrogens with two attached hydrogens (primary N) is 1. The highest BCUT2D eigenvalue weighted by Crippen LogP contribution is 2.19. The van der Waals surface area contributed by atoms with Crippen molar-refractivity contribution in [1.82, 2.24) is 14.5 Å². The lowest BCUT2D eigenvalue weighted by Gasteiger charge is -2.08. The molecule has 0 aliphatic heterocycles. The van der Waals surface area contributed by atoms with E-state index < -0.39 is 10.8 Å². The predicted molar refractivity (Wildman–Crippen MR) is 74.5 cm³/mol. The normalized spacial score (nSPS) is 11.6. The number of oxime groups is 1. The van der Waals surface area contributed by atoms with Crippen molar-refractivity contribution < 1.29 is 10.1 Å². The summed E-state index contributed by atoms with van der Waals surface area (Å²) in [5.41, 5.74) is 4.95. The number of pyridine rings is 1. The van der Waals surface area contributed by atoms with Crippen molar-refractivity contribution in [2.24, 2.45) is 10.9 Å². The number of rotatable bonds is 5. The lowest BCUT2D eigenvalue weighted by Crippen LogP contribution is -2.18. The average molecular weight is 290 g/mol. The first-order valence-electron chi connectivity index (χ1n) is 6.24. The summed E-state index contributed by atoms with van der Waals surface area (Å²) < 4.78 is 1.71. The zero-order chi connectivity index (χ0) is 15.4. The van der Waals surface area contributed by atoms with E-state index in [1.807, 2.05) is 6.92 Å². The number of aryl methyl sites for hydroxylation is 1. The van der Waals surface area contributed by atoms with Crippen LogP contribution >= 0.6 is 0 Å². The van der Waals surface area contributed by atoms with Crippen molar-refractivity contribution in [2.75, 3.05) is 0 Å². The molecule has 110 valence electrons. The van der Waals surface area contributed by atoms with Gasteiger partial charge in [0.2, 0.25) is 0 Å². The molecule has 9 heteroatoms. The number of imidazole rings is 1. The summed E-state index contributed by atoms with van der Waals surface area (Å²) in [5.74, 6) is 0.785. The van der Waals surface area contributed by atoms with Gasteiger partial charge in [0.15, 0.2) is 11.5 Å². The van der Waals surface area contributed by atoms with Crippen molar-refractivity contribution >= 4 is 11.5 Å². The molecule has 2 rings (SSSR count). The van der Waals surface area contributed by atoms with Crippen LogP contribution in [0.3, 0.4) is 0 Å². The molecular weight excluding hydrogens is 276 g/mol. The Labute approximate surface area is 119 Å². The molecule has 0 radical (unpaired) electrons. The first-order valence-corrected chi connectivity index (χ1v) is 6.24. The number of nitro groups is 1. The van der Waals surface area contributed by atoms with Gasteiger partial charge < -0.3 is 10.9 Å². The van der Waals surface area contributed by atoms with Crippen molar-refractivity contribution in [3.05, 3.63) is 46.2 Å². The number of aromatic nitrogens is 3. The van der Waals surface area contributed by atoms with Gasteiger partial charge in [0.1, 0.15) is 11.6 Å². The van der Waals surface area contributed by atoms with Crippen molar-refractivity contribution in [3.8, 4) is 5.82 Å². The molecule has 0 aliphatic carbocycles. The van der Waals surface area contributed by atoms with Crippen LogP contribution in [0, 0.1) is 10.1 Å². The maximum Gasteiger partial charge on any atom is 0.298 e. The molecule has 0 spiro atoms. The Morgan fingerprint density at radius 3 is 2.95 bits per heavy atom. The highest BCUT2D eigenvalue weighted by molar-refractivity contribution is 5.98. The highest BCUT2D eigenvalue weighted by atomic mass is 16.6. The molecule has 3 N–H and O–H groups in total. The summed E-state index contributed by atoms with van der Waals surface area (Å²) in [6.45, 7) is 2.02. The monoisotopic (exact) mass is 290 g/mol. The van der Waals surface area contributed by atoms with Gasteiger partial charge in [-0.05, 0) is 12.5 Å². The molecule has 0 bridgehead atoms. The van der Waals surface area contributed by atoms with Crippen LogP contribution in [0.15, 0.2) is 29.7 Å². The van der Waals surface area contributed by atoms with E-state index in [1.165, 1.54) is 12.1 Å². The molecule has 9 nitrogen and oxygen atoms in total. The summed E-state index contributed by atoms with van der Waals surface area (Å²) in [7, 11) is 0. The summed E-state index contributed by atoms with van der Waals surface area (Å²) in [5, 5.41) is 22.5. The molecule has 2 heterocycles. The van der Waals surface area contributed by atoms with E-state index in [0.717, 1.165) is 18.7 Å². The second-order valence-electron chi connectivity index (χ2n) is 4.24. The Bertz CT molecular complexity index is 694. The molecule has 0 aromatic carbocycles. The van der Waals surface area contributed by atoms with Gasteiger partial charge in [-0.1, -0.05) is 12.1 Å². The Hall–Kier alpha value is -2.97. The molecule has 0 amide bonds. The maximum atomic E-state index is 11.0. The maximum absolute atomic E-state index is 11.0. The van der Waals surface area contributed by atoms with Crippen LogP contribution in [0.25, 0.3) is 5.82 Å². The zero-order valence-electron chi connectivity index (χ0n) is 11.3. The first-order chi connectivity index (χ1) is 10.1. The second kappa shape index (κ2) is 5.99. The van der Waals surface area contributed by atoms with Gasteiger partial charge in [-0.15, -0.1) is 0 Å². The second-order valence-corrected chi connectivity index (χ2v) is 4.24.